The van der Waals surface area contributed by atoms with Gasteiger partial charge in [0.15, 0.2) is 11.5 Å². The molecule has 0 spiro atoms. The summed E-state index contributed by atoms with van der Waals surface area (Å²) in [4.78, 5) is 22.1. The summed E-state index contributed by atoms with van der Waals surface area (Å²) in [6, 6.07) is 14.2. The molecule has 1 N–H and O–H groups in total. The molecule has 0 bridgehead atoms. The highest BCUT2D eigenvalue weighted by molar-refractivity contribution is 14.1. The zero-order valence-electron chi connectivity index (χ0n) is 17.3. The molecule has 1 amide bonds. The molecule has 0 aliphatic carbocycles. The molecule has 0 aliphatic heterocycles. The SMILES string of the molecule is COc1cc(/C=N\NC(=O)c2ccccc2Br)cc(I)c1OS(=O)(=O)c1ccc([N+](=O)[O-])cc1. The highest BCUT2D eigenvalue weighted by atomic mass is 127. The second kappa shape index (κ2) is 10.9. The lowest BCUT2D eigenvalue weighted by molar-refractivity contribution is -0.384. The van der Waals surface area contributed by atoms with E-state index in [0.717, 1.165) is 24.3 Å². The first-order chi connectivity index (χ1) is 16.1. The highest BCUT2D eigenvalue weighted by Gasteiger charge is 2.23. The minimum Gasteiger partial charge on any atom is -0.493 e. The zero-order valence-corrected chi connectivity index (χ0v) is 21.8. The average Bonchev–Trinajstić information content (AvgIpc) is 2.80. The van der Waals surface area contributed by atoms with E-state index in [-0.39, 0.29) is 22.1 Å². The van der Waals surface area contributed by atoms with Crippen LogP contribution in [0.5, 0.6) is 11.5 Å². The summed E-state index contributed by atoms with van der Waals surface area (Å²) >= 11 is 5.17. The monoisotopic (exact) mass is 659 g/mol. The van der Waals surface area contributed by atoms with Gasteiger partial charge in [-0.2, -0.15) is 13.5 Å². The number of carbonyl (C=O) groups is 1. The molecule has 3 aromatic carbocycles. The number of nitrogens with zero attached hydrogens (tertiary/aromatic N) is 2. The molecule has 10 nitrogen and oxygen atoms in total. The third-order valence-electron chi connectivity index (χ3n) is 4.28. The minimum absolute atomic E-state index is 0.0594. The topological polar surface area (TPSA) is 137 Å². The molecule has 13 heteroatoms. The Labute approximate surface area is 216 Å². The van der Waals surface area contributed by atoms with Crippen LogP contribution in [0.3, 0.4) is 0 Å². The van der Waals surface area contributed by atoms with Crippen molar-refractivity contribution in [2.75, 3.05) is 7.11 Å². The maximum atomic E-state index is 12.7. The van der Waals surface area contributed by atoms with Crippen LogP contribution in [0.15, 0.2) is 75.1 Å². The third-order valence-corrected chi connectivity index (χ3v) is 7.01. The van der Waals surface area contributed by atoms with Gasteiger partial charge in [0.2, 0.25) is 0 Å². The summed E-state index contributed by atoms with van der Waals surface area (Å²) in [5, 5.41) is 14.7. The van der Waals surface area contributed by atoms with E-state index < -0.39 is 20.9 Å². The number of nitrogens with one attached hydrogen (secondary N) is 1. The lowest BCUT2D eigenvalue weighted by Gasteiger charge is -2.13. The first-order valence-electron chi connectivity index (χ1n) is 9.27. The average molecular weight is 660 g/mol. The van der Waals surface area contributed by atoms with Crippen LogP contribution in [-0.4, -0.2) is 32.6 Å². The fourth-order valence-electron chi connectivity index (χ4n) is 2.66. The van der Waals surface area contributed by atoms with Crippen molar-refractivity contribution in [1.29, 1.82) is 0 Å². The van der Waals surface area contributed by atoms with Crippen LogP contribution in [0.25, 0.3) is 0 Å². The number of hydrazone groups is 1. The molecular weight excluding hydrogens is 645 g/mol. The standard InChI is InChI=1S/C21H15BrIN3O7S/c1-32-19-11-13(12-24-25-21(27)16-4-2-3-5-17(16)22)10-18(23)20(19)33-34(30,31)15-8-6-14(7-9-15)26(28)29/h2-12H,1H3,(H,25,27)/b24-12-. The Morgan fingerprint density at radius 2 is 1.85 bits per heavy atom. The van der Waals surface area contributed by atoms with Crippen LogP contribution in [0, 0.1) is 13.7 Å². The van der Waals surface area contributed by atoms with Gasteiger partial charge in [-0.05, 0) is 80.5 Å². The van der Waals surface area contributed by atoms with Crippen molar-refractivity contribution in [2.45, 2.75) is 4.90 Å². The number of hydrogen-bond donors (Lipinski definition) is 1. The number of hydrogen-bond acceptors (Lipinski definition) is 8. The number of methoxy groups -OCH3 is 1. The number of nitro groups is 1. The third kappa shape index (κ3) is 6.09. The Kier molecular flexibility index (Phi) is 8.22. The van der Waals surface area contributed by atoms with Gasteiger partial charge in [-0.25, -0.2) is 5.43 Å². The van der Waals surface area contributed by atoms with Gasteiger partial charge in [-0.15, -0.1) is 0 Å². The largest absolute Gasteiger partial charge is 0.493 e. The molecule has 34 heavy (non-hydrogen) atoms. The number of rotatable bonds is 8. The van der Waals surface area contributed by atoms with E-state index >= 15 is 0 Å². The van der Waals surface area contributed by atoms with Crippen molar-refractivity contribution in [3.05, 3.63) is 89.9 Å². The van der Waals surface area contributed by atoms with Gasteiger partial charge in [0.1, 0.15) is 4.90 Å². The summed E-state index contributed by atoms with van der Waals surface area (Å²) in [6.07, 6.45) is 1.37. The molecule has 0 fully saturated rings. The molecule has 0 atom stereocenters. The van der Waals surface area contributed by atoms with Gasteiger partial charge < -0.3 is 8.92 Å². The lowest BCUT2D eigenvalue weighted by Crippen LogP contribution is -2.18. The number of nitro benzene ring substituents is 1. The Morgan fingerprint density at radius 3 is 2.47 bits per heavy atom. The van der Waals surface area contributed by atoms with Crippen LogP contribution in [0.1, 0.15) is 15.9 Å². The molecule has 0 radical (unpaired) electrons. The van der Waals surface area contributed by atoms with Gasteiger partial charge in [0, 0.05) is 16.6 Å². The van der Waals surface area contributed by atoms with E-state index in [9.17, 15) is 23.3 Å². The molecule has 0 aliphatic rings. The Hall–Kier alpha value is -3.04. The Bertz CT molecular complexity index is 1380. The second-order valence-corrected chi connectivity index (χ2v) is 10.1. The van der Waals surface area contributed by atoms with Gasteiger partial charge in [-0.3, -0.25) is 14.9 Å². The first-order valence-corrected chi connectivity index (χ1v) is 12.5. The maximum absolute atomic E-state index is 12.7. The molecule has 0 heterocycles. The van der Waals surface area contributed by atoms with Crippen LogP contribution < -0.4 is 14.3 Å². The quantitative estimate of drug-likeness (QED) is 0.124. The van der Waals surface area contributed by atoms with Gasteiger partial charge in [-0.1, -0.05) is 12.1 Å². The molecule has 0 saturated carbocycles. The summed E-state index contributed by atoms with van der Waals surface area (Å²) in [5.41, 5.74) is 3.08. The van der Waals surface area contributed by atoms with E-state index in [1.165, 1.54) is 19.4 Å². The van der Waals surface area contributed by atoms with Crippen molar-refractivity contribution < 1.29 is 27.1 Å². The van der Waals surface area contributed by atoms with Gasteiger partial charge in [0.05, 0.1) is 27.4 Å². The summed E-state index contributed by atoms with van der Waals surface area (Å²) in [7, 11) is -2.95. The number of ether oxygens (including phenoxy) is 1. The minimum atomic E-state index is -4.29. The number of carbonyl (C=O) groups excluding carboxylic acids is 1. The predicted molar refractivity (Wildman–Crippen MR) is 136 cm³/mol. The molecule has 176 valence electrons. The van der Waals surface area contributed by atoms with Crippen LogP contribution in [0.4, 0.5) is 5.69 Å². The normalized spacial score (nSPS) is 11.3. The van der Waals surface area contributed by atoms with E-state index in [1.54, 1.807) is 30.3 Å². The maximum Gasteiger partial charge on any atom is 0.339 e. The highest BCUT2D eigenvalue weighted by Crippen LogP contribution is 2.35. The van der Waals surface area contributed by atoms with Gasteiger partial charge >= 0.3 is 10.1 Å². The Balaban J connectivity index is 1.80. The van der Waals surface area contributed by atoms with Gasteiger partial charge in [0.25, 0.3) is 11.6 Å². The molecule has 3 aromatic rings. The first kappa shape index (κ1) is 25.6. The van der Waals surface area contributed by atoms with E-state index in [2.05, 4.69) is 26.5 Å². The van der Waals surface area contributed by atoms with Crippen molar-refractivity contribution in [3.63, 3.8) is 0 Å². The number of non-ortho nitro benzene ring substituents is 1. The summed E-state index contributed by atoms with van der Waals surface area (Å²) in [5.74, 6) is -0.369. The van der Waals surface area contributed by atoms with Crippen molar-refractivity contribution in [2.24, 2.45) is 5.10 Å². The van der Waals surface area contributed by atoms with Crippen LogP contribution in [0.2, 0.25) is 0 Å². The fraction of sp³-hybridized carbons (Fsp3) is 0.0476. The van der Waals surface area contributed by atoms with E-state index in [4.69, 9.17) is 8.92 Å². The number of benzene rings is 3. The summed E-state index contributed by atoms with van der Waals surface area (Å²) in [6.45, 7) is 0. The van der Waals surface area contributed by atoms with E-state index in [0.29, 0.717) is 19.2 Å². The van der Waals surface area contributed by atoms with Crippen molar-refractivity contribution in [3.8, 4) is 11.5 Å². The smallest absolute Gasteiger partial charge is 0.339 e. The Morgan fingerprint density at radius 1 is 1.18 bits per heavy atom. The number of halogens is 2. The lowest BCUT2D eigenvalue weighted by atomic mass is 10.2. The van der Waals surface area contributed by atoms with Crippen LogP contribution in [-0.2, 0) is 10.1 Å². The molecule has 3 rings (SSSR count). The zero-order chi connectivity index (χ0) is 24.9. The summed E-state index contributed by atoms with van der Waals surface area (Å²) < 4.78 is 36.9. The van der Waals surface area contributed by atoms with Crippen molar-refractivity contribution >= 4 is 66.4 Å². The molecular formula is C21H15BrIN3O7S. The van der Waals surface area contributed by atoms with Crippen LogP contribution >= 0.6 is 38.5 Å². The fourth-order valence-corrected chi connectivity index (χ4v) is 4.97. The molecule has 0 unspecified atom stereocenters. The molecule has 0 aromatic heterocycles. The number of amides is 1. The second-order valence-electron chi connectivity index (χ2n) is 6.50. The van der Waals surface area contributed by atoms with E-state index in [1.807, 2.05) is 22.6 Å². The van der Waals surface area contributed by atoms with Crippen molar-refractivity contribution in [1.82, 2.24) is 5.43 Å². The molecule has 0 saturated heterocycles. The predicted octanol–water partition coefficient (Wildman–Crippen LogP) is 4.50.